The molecule has 0 aliphatic carbocycles. The first-order valence-corrected chi connectivity index (χ1v) is 9.08. The van der Waals surface area contributed by atoms with E-state index in [-0.39, 0.29) is 23.0 Å². The molecule has 0 saturated heterocycles. The first kappa shape index (κ1) is 18.9. The third-order valence-corrected chi connectivity index (χ3v) is 5.32. The third kappa shape index (κ3) is 5.00. The average molecular weight is 379 g/mol. The van der Waals surface area contributed by atoms with Crippen molar-refractivity contribution in [3.05, 3.63) is 46.0 Å². The molecule has 10 heteroatoms. The molecular weight excluding hydrogens is 362 g/mol. The van der Waals surface area contributed by atoms with Crippen LogP contribution in [0.15, 0.2) is 29.1 Å². The second-order valence-corrected chi connectivity index (χ2v) is 7.24. The summed E-state index contributed by atoms with van der Waals surface area (Å²) in [6, 6.07) is 3.06. The SMILES string of the molecule is C=CCNc1nnc(SCC(=O)Nc2c([N+](=O)[O-])ccc(C)c2C)s1. The summed E-state index contributed by atoms with van der Waals surface area (Å²) in [6.07, 6.45) is 1.71. The number of nitrogens with zero attached hydrogens (tertiary/aromatic N) is 3. The highest BCUT2D eigenvalue weighted by Crippen LogP contribution is 2.31. The number of amides is 1. The first-order valence-electron chi connectivity index (χ1n) is 7.28. The molecule has 1 heterocycles. The lowest BCUT2D eigenvalue weighted by molar-refractivity contribution is -0.384. The molecule has 25 heavy (non-hydrogen) atoms. The molecule has 1 amide bonds. The lowest BCUT2D eigenvalue weighted by atomic mass is 10.1. The van der Waals surface area contributed by atoms with Gasteiger partial charge in [0.1, 0.15) is 5.69 Å². The average Bonchev–Trinajstić information content (AvgIpc) is 3.03. The van der Waals surface area contributed by atoms with Crippen LogP contribution in [0.4, 0.5) is 16.5 Å². The normalized spacial score (nSPS) is 10.3. The van der Waals surface area contributed by atoms with Gasteiger partial charge in [0.25, 0.3) is 5.69 Å². The van der Waals surface area contributed by atoms with Crippen LogP contribution in [0.3, 0.4) is 0 Å². The number of thioether (sulfide) groups is 1. The Morgan fingerprint density at radius 1 is 1.44 bits per heavy atom. The Bertz CT molecular complexity index is 806. The molecule has 0 saturated carbocycles. The van der Waals surface area contributed by atoms with Crippen molar-refractivity contribution in [2.45, 2.75) is 18.2 Å². The molecular formula is C15H17N5O3S2. The molecule has 0 spiro atoms. The maximum absolute atomic E-state index is 12.2. The Hall–Kier alpha value is -2.46. The lowest BCUT2D eigenvalue weighted by Gasteiger charge is -2.10. The summed E-state index contributed by atoms with van der Waals surface area (Å²) in [5.74, 6) is -0.252. The first-order chi connectivity index (χ1) is 11.9. The summed E-state index contributed by atoms with van der Waals surface area (Å²) in [4.78, 5) is 22.8. The number of hydrogen-bond acceptors (Lipinski definition) is 8. The number of anilines is 2. The fraction of sp³-hybridized carbons (Fsp3) is 0.267. The van der Waals surface area contributed by atoms with E-state index in [1.54, 1.807) is 19.1 Å². The number of nitro groups is 1. The van der Waals surface area contributed by atoms with Crippen molar-refractivity contribution < 1.29 is 9.72 Å². The van der Waals surface area contributed by atoms with Crippen LogP contribution in [0.1, 0.15) is 11.1 Å². The van der Waals surface area contributed by atoms with Gasteiger partial charge in [0.05, 0.1) is 10.7 Å². The highest BCUT2D eigenvalue weighted by molar-refractivity contribution is 8.01. The van der Waals surface area contributed by atoms with E-state index in [0.29, 0.717) is 21.6 Å². The van der Waals surface area contributed by atoms with E-state index < -0.39 is 4.92 Å². The molecule has 0 atom stereocenters. The lowest BCUT2D eigenvalue weighted by Crippen LogP contribution is -2.16. The molecule has 2 rings (SSSR count). The highest BCUT2D eigenvalue weighted by atomic mass is 32.2. The van der Waals surface area contributed by atoms with E-state index >= 15 is 0 Å². The number of aryl methyl sites for hydroxylation is 1. The van der Waals surface area contributed by atoms with Crippen LogP contribution in [-0.4, -0.2) is 33.3 Å². The molecule has 0 aliphatic heterocycles. The smallest absolute Gasteiger partial charge is 0.293 e. The van der Waals surface area contributed by atoms with Crippen LogP contribution in [0, 0.1) is 24.0 Å². The van der Waals surface area contributed by atoms with E-state index in [9.17, 15) is 14.9 Å². The van der Waals surface area contributed by atoms with Crippen molar-refractivity contribution in [3.63, 3.8) is 0 Å². The van der Waals surface area contributed by atoms with Crippen molar-refractivity contribution in [1.29, 1.82) is 0 Å². The molecule has 8 nitrogen and oxygen atoms in total. The largest absolute Gasteiger partial charge is 0.357 e. The standard InChI is InChI=1S/C15H17N5O3S2/c1-4-7-16-14-18-19-15(25-14)24-8-12(21)17-13-10(3)9(2)5-6-11(13)20(22)23/h4-6H,1,7-8H2,2-3H3,(H,16,18)(H,17,21). The van der Waals surface area contributed by atoms with E-state index in [0.717, 1.165) is 5.56 Å². The van der Waals surface area contributed by atoms with Crippen LogP contribution < -0.4 is 10.6 Å². The van der Waals surface area contributed by atoms with Gasteiger partial charge < -0.3 is 10.6 Å². The number of aromatic nitrogens is 2. The number of nitrogens with one attached hydrogen (secondary N) is 2. The molecule has 0 bridgehead atoms. The molecule has 1 aromatic heterocycles. The summed E-state index contributed by atoms with van der Waals surface area (Å²) >= 11 is 2.55. The van der Waals surface area contributed by atoms with Gasteiger partial charge in [-0.25, -0.2) is 0 Å². The molecule has 132 valence electrons. The highest BCUT2D eigenvalue weighted by Gasteiger charge is 2.19. The fourth-order valence-corrected chi connectivity index (χ4v) is 3.47. The second-order valence-electron chi connectivity index (χ2n) is 5.04. The van der Waals surface area contributed by atoms with Gasteiger partial charge in [0, 0.05) is 12.6 Å². The van der Waals surface area contributed by atoms with Gasteiger partial charge >= 0.3 is 0 Å². The van der Waals surface area contributed by atoms with E-state index in [1.807, 2.05) is 6.92 Å². The summed E-state index contributed by atoms with van der Waals surface area (Å²) in [5, 5.41) is 25.4. The van der Waals surface area contributed by atoms with Crippen LogP contribution in [-0.2, 0) is 4.79 Å². The Morgan fingerprint density at radius 3 is 2.88 bits per heavy atom. The number of hydrogen-bond donors (Lipinski definition) is 2. The van der Waals surface area contributed by atoms with Crippen molar-refractivity contribution in [1.82, 2.24) is 10.2 Å². The quantitative estimate of drug-likeness (QED) is 0.313. The Balaban J connectivity index is 2.01. The molecule has 0 fully saturated rings. The summed E-state index contributed by atoms with van der Waals surface area (Å²) in [6.45, 7) is 7.76. The number of carbonyl (C=O) groups excluding carboxylic acids is 1. The molecule has 2 aromatic rings. The zero-order valence-corrected chi connectivity index (χ0v) is 15.4. The number of benzene rings is 1. The van der Waals surface area contributed by atoms with Gasteiger partial charge in [-0.1, -0.05) is 35.2 Å². The minimum absolute atomic E-state index is 0.0840. The van der Waals surface area contributed by atoms with Crippen molar-refractivity contribution in [2.75, 3.05) is 22.9 Å². The maximum atomic E-state index is 12.2. The maximum Gasteiger partial charge on any atom is 0.293 e. The predicted molar refractivity (Wildman–Crippen MR) is 101 cm³/mol. The third-order valence-electron chi connectivity index (χ3n) is 3.31. The number of carbonyl (C=O) groups is 1. The van der Waals surface area contributed by atoms with Gasteiger partial charge in [-0.3, -0.25) is 14.9 Å². The Morgan fingerprint density at radius 2 is 2.20 bits per heavy atom. The van der Waals surface area contributed by atoms with Gasteiger partial charge in [0.2, 0.25) is 11.0 Å². The number of rotatable bonds is 8. The van der Waals surface area contributed by atoms with E-state index in [2.05, 4.69) is 27.4 Å². The van der Waals surface area contributed by atoms with Crippen molar-refractivity contribution >= 4 is 45.5 Å². The molecule has 2 N–H and O–H groups in total. The summed E-state index contributed by atoms with van der Waals surface area (Å²) in [5.41, 5.74) is 1.67. The van der Waals surface area contributed by atoms with Crippen LogP contribution >= 0.6 is 23.1 Å². The van der Waals surface area contributed by atoms with Gasteiger partial charge in [-0.05, 0) is 25.0 Å². The number of nitro benzene ring substituents is 1. The van der Waals surface area contributed by atoms with Gasteiger partial charge in [-0.2, -0.15) is 0 Å². The summed E-state index contributed by atoms with van der Waals surface area (Å²) < 4.78 is 0.636. The minimum Gasteiger partial charge on any atom is -0.357 e. The monoisotopic (exact) mass is 379 g/mol. The van der Waals surface area contributed by atoms with Gasteiger partial charge in [-0.15, -0.1) is 16.8 Å². The molecule has 0 aliphatic rings. The van der Waals surface area contributed by atoms with Gasteiger partial charge in [0.15, 0.2) is 4.34 Å². The molecule has 0 radical (unpaired) electrons. The van der Waals surface area contributed by atoms with Crippen LogP contribution in [0.5, 0.6) is 0 Å². The predicted octanol–water partition coefficient (Wildman–Crippen LogP) is 3.39. The topological polar surface area (TPSA) is 110 Å². The fourth-order valence-electron chi connectivity index (χ4n) is 1.91. The van der Waals surface area contributed by atoms with E-state index in [1.165, 1.54) is 29.2 Å². The van der Waals surface area contributed by atoms with Crippen LogP contribution in [0.2, 0.25) is 0 Å². The Labute approximate surface area is 152 Å². The second kappa shape index (κ2) is 8.58. The molecule has 0 unspecified atom stereocenters. The van der Waals surface area contributed by atoms with Crippen LogP contribution in [0.25, 0.3) is 0 Å². The summed E-state index contributed by atoms with van der Waals surface area (Å²) in [7, 11) is 0. The molecule has 1 aromatic carbocycles. The Kier molecular flexibility index (Phi) is 6.48. The minimum atomic E-state index is -0.502. The zero-order chi connectivity index (χ0) is 18.4. The van der Waals surface area contributed by atoms with Crippen molar-refractivity contribution in [2.24, 2.45) is 0 Å². The zero-order valence-electron chi connectivity index (χ0n) is 13.7. The van der Waals surface area contributed by atoms with E-state index in [4.69, 9.17) is 0 Å². The van der Waals surface area contributed by atoms with Crippen molar-refractivity contribution in [3.8, 4) is 0 Å².